The van der Waals surface area contributed by atoms with Gasteiger partial charge in [0.05, 0.1) is 107 Å². The van der Waals surface area contributed by atoms with E-state index in [4.69, 9.17) is 85.5 Å². The molecule has 18 aromatic rings. The molecule has 26 nitrogen and oxygen atoms in total. The van der Waals surface area contributed by atoms with Gasteiger partial charge in [0, 0.05) is 52.2 Å². The first-order valence-corrected chi connectivity index (χ1v) is 49.5. The van der Waals surface area contributed by atoms with Crippen molar-refractivity contribution in [3.63, 3.8) is 0 Å². The van der Waals surface area contributed by atoms with Crippen molar-refractivity contribution in [3.8, 4) is 135 Å². The SMILES string of the molecule is COc1ccc(-c2c(Cl)nc3c(-c4ccccc4)c(-c4ccccc4)nn3c2OC)cc1.COc1ccc(-c2c(Nc3cn(COCC[Si](C)(C)C)cn3)nc3c(-c4ccccc4)c(-c4ccccc4)nn3c2OC)cc1.COc1ccc(-c2c(Nc3cnc[nH]3)nc3c(-c4ccccc4)c(-c4ccccc4)nn3c2OC)cc1.C[Si](C)(C)CCOCn1cnc(N)c1. The van der Waals surface area contributed by atoms with E-state index in [1.807, 2.05) is 222 Å². The smallest absolute Gasteiger partial charge is 0.228 e. The van der Waals surface area contributed by atoms with Crippen LogP contribution in [0, 0.1) is 0 Å². The van der Waals surface area contributed by atoms with E-state index in [9.17, 15) is 0 Å². The minimum absolute atomic E-state index is 0.344. The maximum Gasteiger partial charge on any atom is 0.228 e. The van der Waals surface area contributed by atoms with Gasteiger partial charge in [-0.2, -0.15) is 28.8 Å². The van der Waals surface area contributed by atoms with Gasteiger partial charge >= 0.3 is 0 Å². The number of aromatic nitrogens is 15. The second kappa shape index (κ2) is 40.5. The van der Waals surface area contributed by atoms with Crippen LogP contribution in [0.15, 0.2) is 292 Å². The minimum atomic E-state index is -1.16. The lowest BCUT2D eigenvalue weighted by Gasteiger charge is -2.16. The van der Waals surface area contributed by atoms with Gasteiger partial charge in [-0.3, -0.25) is 0 Å². The lowest BCUT2D eigenvalue weighted by atomic mass is 10.0. The third-order valence-electron chi connectivity index (χ3n) is 20.9. The van der Waals surface area contributed by atoms with Crippen LogP contribution in [0.5, 0.6) is 34.9 Å². The van der Waals surface area contributed by atoms with E-state index < -0.39 is 16.1 Å². The first-order chi connectivity index (χ1) is 62.3. The number of H-pyrrole nitrogens is 1. The molecule has 0 spiro atoms. The first kappa shape index (κ1) is 88.2. The molecule has 0 unspecified atom stereocenters. The summed E-state index contributed by atoms with van der Waals surface area (Å²) in [5, 5.41) is 22.3. The molecular weight excluding hydrogens is 1660 g/mol. The predicted molar refractivity (Wildman–Crippen MR) is 514 cm³/mol. The van der Waals surface area contributed by atoms with Crippen molar-refractivity contribution in [2.24, 2.45) is 0 Å². The van der Waals surface area contributed by atoms with Gasteiger partial charge in [-0.15, -0.1) is 0 Å². The second-order valence-electron chi connectivity index (χ2n) is 32.2. The highest BCUT2D eigenvalue weighted by Gasteiger charge is 2.30. The molecule has 9 aromatic heterocycles. The van der Waals surface area contributed by atoms with Gasteiger partial charge in [0.2, 0.25) is 17.6 Å². The van der Waals surface area contributed by atoms with Gasteiger partial charge in [0.15, 0.2) is 16.9 Å². The molecule has 128 heavy (non-hydrogen) atoms. The number of nitrogen functional groups attached to an aromatic ring is 1. The van der Waals surface area contributed by atoms with Gasteiger partial charge in [-0.05, 0) is 81.9 Å². The van der Waals surface area contributed by atoms with E-state index in [0.29, 0.717) is 87.8 Å². The maximum atomic E-state index is 6.75. The third kappa shape index (κ3) is 20.6. The van der Waals surface area contributed by atoms with Crippen molar-refractivity contribution >= 4 is 73.8 Å². The van der Waals surface area contributed by atoms with Crippen LogP contribution < -0.4 is 44.8 Å². The number of imidazole rings is 3. The largest absolute Gasteiger partial charge is 0.497 e. The number of anilines is 5. The van der Waals surface area contributed by atoms with Crippen LogP contribution in [0.1, 0.15) is 0 Å². The van der Waals surface area contributed by atoms with E-state index in [-0.39, 0.29) is 0 Å². The summed E-state index contributed by atoms with van der Waals surface area (Å²) in [6, 6.07) is 86.2. The molecule has 0 aliphatic carbocycles. The highest BCUT2D eigenvalue weighted by atomic mass is 35.5. The Hall–Kier alpha value is -14.7. The van der Waals surface area contributed by atoms with E-state index in [1.54, 1.807) is 87.6 Å². The van der Waals surface area contributed by atoms with Gasteiger partial charge in [-0.25, -0.2) is 29.9 Å². The van der Waals surface area contributed by atoms with Crippen molar-refractivity contribution in [2.45, 2.75) is 64.8 Å². The number of rotatable bonds is 29. The Bertz CT molecular complexity index is 6680. The molecule has 9 heterocycles. The van der Waals surface area contributed by atoms with E-state index in [0.717, 1.165) is 131 Å². The molecule has 0 saturated carbocycles. The zero-order valence-corrected chi connectivity index (χ0v) is 76.2. The number of halogens is 1. The Balaban J connectivity index is 0.000000139. The molecule has 650 valence electrons. The number of benzene rings is 9. The first-order valence-electron chi connectivity index (χ1n) is 41.7. The summed E-state index contributed by atoms with van der Waals surface area (Å²) in [6.45, 7) is 16.6. The summed E-state index contributed by atoms with van der Waals surface area (Å²) in [6.07, 6.45) is 10.5. The van der Waals surface area contributed by atoms with E-state index >= 15 is 0 Å². The van der Waals surface area contributed by atoms with E-state index in [1.165, 1.54) is 6.04 Å². The maximum absolute atomic E-state index is 6.75. The molecule has 0 saturated heterocycles. The fraction of sp³-hybridized carbons (Fsp3) is 0.182. The zero-order chi connectivity index (χ0) is 89.3. The number of hydrogen-bond acceptors (Lipinski definition) is 20. The molecule has 0 bridgehead atoms. The van der Waals surface area contributed by atoms with Crippen LogP contribution in [0.25, 0.3) is 117 Å². The molecule has 9 aromatic carbocycles. The molecule has 0 aliphatic heterocycles. The van der Waals surface area contributed by atoms with Crippen LogP contribution >= 0.6 is 11.6 Å². The average Bonchev–Trinajstić information content (AvgIpc) is 1.58. The molecule has 29 heteroatoms. The van der Waals surface area contributed by atoms with Crippen molar-refractivity contribution in [2.75, 3.05) is 72.2 Å². The third-order valence-corrected chi connectivity index (χ3v) is 24.6. The average molecular weight is 1760 g/mol. The standard InChI is InChI=1S/C35H38N6O3Si.C29H24N6O2.C26H20ClN3O2.C9H19N3OSi/c1-42-28-18-16-26(17-19-28)31-33(37-29-22-40(23-36-29)24-44-20-21-45(3,4)5)38-34-30(25-12-8-6-9-13-25)32(27-14-10-7-11-15-27)39-41(34)35(31)43-2;1-36-22-15-13-20(14-16-22)25-27(32-23-17-30-18-31-23)33-28-24(19-9-5-3-6-10-19)26(21-11-7-4-8-12-21)34-35(28)29(25)37-2;1-31-20-15-13-18(14-16-20)22-24(27)28-25-21(17-9-5-3-6-10-17)23(19-11-7-4-8-12-19)29-30(25)26(22)32-2;1-14(2,3)5-4-13-8-12-6-9(10)11-7-12/h6-19,22-23H,20-21,24H2,1-5H3,(H,37,38);3-18H,1-2H3,(H,30,31)(H,32,33);3-16H,1-2H3;6-7H,4-5,8,10H2,1-3H3. The summed E-state index contributed by atoms with van der Waals surface area (Å²) in [5.74, 6) is 6.97. The van der Waals surface area contributed by atoms with Crippen molar-refractivity contribution in [1.82, 2.24) is 72.9 Å². The van der Waals surface area contributed by atoms with Crippen LogP contribution in [0.4, 0.5) is 29.1 Å². The van der Waals surface area contributed by atoms with Gasteiger partial charge in [0.25, 0.3) is 0 Å². The lowest BCUT2D eigenvalue weighted by molar-refractivity contribution is 0.0871. The summed E-state index contributed by atoms with van der Waals surface area (Å²) in [4.78, 5) is 30.9. The van der Waals surface area contributed by atoms with Crippen LogP contribution in [0.2, 0.25) is 56.5 Å². The fourth-order valence-corrected chi connectivity index (χ4v) is 16.2. The number of nitrogens with one attached hydrogen (secondary N) is 3. The number of hydrogen-bond donors (Lipinski definition) is 4. The topological polar surface area (TPSA) is 279 Å². The van der Waals surface area contributed by atoms with Gasteiger partial charge in [-0.1, -0.05) is 269 Å². The summed E-state index contributed by atoms with van der Waals surface area (Å²) >= 11 is 6.75. The summed E-state index contributed by atoms with van der Waals surface area (Å²) < 4.78 is 54.6. The lowest BCUT2D eigenvalue weighted by Crippen LogP contribution is -2.21. The van der Waals surface area contributed by atoms with Crippen molar-refractivity contribution < 1.29 is 37.9 Å². The number of nitrogens with zero attached hydrogens (tertiary/aromatic N) is 14. The van der Waals surface area contributed by atoms with Crippen molar-refractivity contribution in [1.29, 1.82) is 0 Å². The molecule has 0 aliphatic rings. The summed E-state index contributed by atoms with van der Waals surface area (Å²) in [7, 11) is 7.73. The van der Waals surface area contributed by atoms with Gasteiger partial charge < -0.3 is 68.4 Å². The number of aromatic amines is 1. The Morgan fingerprint density at radius 2 is 0.695 bits per heavy atom. The number of ether oxygens (including phenoxy) is 8. The molecule has 0 fully saturated rings. The number of methoxy groups -OCH3 is 6. The Labute approximate surface area is 750 Å². The second-order valence-corrected chi connectivity index (χ2v) is 43.8. The van der Waals surface area contributed by atoms with Gasteiger partial charge in [0.1, 0.15) is 82.0 Å². The quantitative estimate of drug-likeness (QED) is 0.0193. The monoisotopic (exact) mass is 1760 g/mol. The molecule has 0 atom stereocenters. The van der Waals surface area contributed by atoms with E-state index in [2.05, 4.69) is 118 Å². The molecule has 0 radical (unpaired) electrons. The predicted octanol–water partition coefficient (Wildman–Crippen LogP) is 22.4. The Morgan fingerprint density at radius 3 is 1.03 bits per heavy atom. The normalized spacial score (nSPS) is 11.3. The molecule has 5 N–H and O–H groups in total. The number of nitrogens with two attached hydrogens (primary N) is 1. The molecular formula is C99H101ClN18O8Si2. The Kier molecular flexibility index (Phi) is 27.9. The fourth-order valence-electron chi connectivity index (χ4n) is 14.4. The van der Waals surface area contributed by atoms with Crippen LogP contribution in [0.3, 0.4) is 0 Å². The minimum Gasteiger partial charge on any atom is -0.497 e. The molecule has 0 amide bonds. The highest BCUT2D eigenvalue weighted by molar-refractivity contribution is 6.76. The van der Waals surface area contributed by atoms with Crippen LogP contribution in [-0.2, 0) is 22.9 Å². The zero-order valence-electron chi connectivity index (χ0n) is 73.4. The van der Waals surface area contributed by atoms with Crippen molar-refractivity contribution in [3.05, 3.63) is 298 Å². The highest BCUT2D eigenvalue weighted by Crippen LogP contribution is 2.47. The van der Waals surface area contributed by atoms with Crippen LogP contribution in [-0.4, -0.2) is 145 Å². The number of fused-ring (bicyclic) bond motifs is 3. The Morgan fingerprint density at radius 1 is 0.367 bits per heavy atom. The summed E-state index contributed by atoms with van der Waals surface area (Å²) in [5.41, 5.74) is 23.4. The molecule has 18 rings (SSSR count).